The smallest absolute Gasteiger partial charge is 0.326 e. The average Bonchev–Trinajstić information content (AvgIpc) is 2.73. The van der Waals surface area contributed by atoms with Crippen molar-refractivity contribution in [3.8, 4) is 0 Å². The summed E-state index contributed by atoms with van der Waals surface area (Å²) in [5, 5.41) is 15.9. The first-order valence-corrected chi connectivity index (χ1v) is 5.00. The van der Waals surface area contributed by atoms with Crippen LogP contribution in [0.5, 0.6) is 0 Å². The number of aliphatic carboxylic acids is 1. The van der Waals surface area contributed by atoms with E-state index in [9.17, 15) is 4.79 Å². The number of nitrogens with one attached hydrogen (secondary N) is 1. The van der Waals surface area contributed by atoms with Crippen LogP contribution in [-0.4, -0.2) is 31.7 Å². The van der Waals surface area contributed by atoms with Crippen molar-refractivity contribution in [2.24, 2.45) is 0 Å². The molecule has 2 rings (SSSR count). The van der Waals surface area contributed by atoms with Crippen LogP contribution in [0.2, 0.25) is 0 Å². The zero-order valence-corrected chi connectivity index (χ0v) is 8.79. The van der Waals surface area contributed by atoms with Crippen molar-refractivity contribution in [3.05, 3.63) is 24.7 Å². The van der Waals surface area contributed by atoms with Gasteiger partial charge in [0.1, 0.15) is 11.6 Å². The van der Waals surface area contributed by atoms with Gasteiger partial charge in [0.15, 0.2) is 5.82 Å². The summed E-state index contributed by atoms with van der Waals surface area (Å²) in [7, 11) is 0. The van der Waals surface area contributed by atoms with Crippen LogP contribution < -0.4 is 5.32 Å². The van der Waals surface area contributed by atoms with Gasteiger partial charge in [-0.3, -0.25) is 0 Å². The zero-order valence-electron chi connectivity index (χ0n) is 8.79. The van der Waals surface area contributed by atoms with Crippen molar-refractivity contribution in [1.29, 1.82) is 0 Å². The molecule has 0 aliphatic carbocycles. The summed E-state index contributed by atoms with van der Waals surface area (Å²) in [6, 6.07) is 1.15. The number of fused-ring (bicyclic) bond motifs is 1. The summed E-state index contributed by atoms with van der Waals surface area (Å²) in [5.74, 6) is -0.347. The number of anilines is 1. The molecule has 0 spiro atoms. The summed E-state index contributed by atoms with van der Waals surface area (Å²) in [5.41, 5.74) is 0.766. The number of carbonyl (C=O) groups is 1. The summed E-state index contributed by atoms with van der Waals surface area (Å²) in [6.07, 6.45) is 5.43. The highest BCUT2D eigenvalue weighted by Gasteiger charge is 2.16. The Hall–Kier alpha value is -2.11. The SMILES string of the molecule is CCC(Nc1nccn2nccc12)C(=O)O. The number of nitrogens with zero attached hydrogens (tertiary/aromatic N) is 3. The molecule has 2 N–H and O–H groups in total. The van der Waals surface area contributed by atoms with E-state index in [-0.39, 0.29) is 0 Å². The third kappa shape index (κ3) is 1.81. The first kappa shape index (κ1) is 10.4. The highest BCUT2D eigenvalue weighted by molar-refractivity contribution is 5.79. The molecule has 0 saturated heterocycles. The maximum atomic E-state index is 10.9. The fourth-order valence-electron chi connectivity index (χ4n) is 1.47. The molecule has 0 fully saturated rings. The van der Waals surface area contributed by atoms with Crippen LogP contribution in [0.3, 0.4) is 0 Å². The Bertz CT molecular complexity index is 508. The van der Waals surface area contributed by atoms with E-state index in [0.29, 0.717) is 12.2 Å². The summed E-state index contributed by atoms with van der Waals surface area (Å²) in [6.45, 7) is 1.81. The van der Waals surface area contributed by atoms with E-state index < -0.39 is 12.0 Å². The molecule has 84 valence electrons. The quantitative estimate of drug-likeness (QED) is 0.803. The molecule has 6 nitrogen and oxygen atoms in total. The molecule has 0 amide bonds. The van der Waals surface area contributed by atoms with E-state index in [1.165, 1.54) is 0 Å². The second kappa shape index (κ2) is 4.18. The van der Waals surface area contributed by atoms with E-state index in [4.69, 9.17) is 5.11 Å². The van der Waals surface area contributed by atoms with Crippen LogP contribution >= 0.6 is 0 Å². The molecular weight excluding hydrogens is 208 g/mol. The van der Waals surface area contributed by atoms with E-state index in [2.05, 4.69) is 15.4 Å². The number of hydrogen-bond donors (Lipinski definition) is 2. The van der Waals surface area contributed by atoms with E-state index in [1.54, 1.807) is 29.2 Å². The second-order valence-corrected chi connectivity index (χ2v) is 3.38. The van der Waals surface area contributed by atoms with Crippen LogP contribution in [0.4, 0.5) is 5.82 Å². The predicted molar refractivity (Wildman–Crippen MR) is 58.3 cm³/mol. The van der Waals surface area contributed by atoms with Gasteiger partial charge in [-0.05, 0) is 12.5 Å². The maximum absolute atomic E-state index is 10.9. The van der Waals surface area contributed by atoms with E-state index in [1.807, 2.05) is 6.92 Å². The number of aromatic nitrogens is 3. The molecule has 1 atom stereocenters. The fraction of sp³-hybridized carbons (Fsp3) is 0.300. The molecule has 2 heterocycles. The van der Waals surface area contributed by atoms with Gasteiger partial charge >= 0.3 is 5.97 Å². The van der Waals surface area contributed by atoms with Crippen molar-refractivity contribution in [2.45, 2.75) is 19.4 Å². The van der Waals surface area contributed by atoms with Gasteiger partial charge in [-0.15, -0.1) is 0 Å². The maximum Gasteiger partial charge on any atom is 0.326 e. The Morgan fingerprint density at radius 2 is 2.44 bits per heavy atom. The third-order valence-corrected chi connectivity index (χ3v) is 2.34. The predicted octanol–water partition coefficient (Wildman–Crippen LogP) is 1.00. The average molecular weight is 220 g/mol. The third-order valence-electron chi connectivity index (χ3n) is 2.34. The minimum Gasteiger partial charge on any atom is -0.480 e. The summed E-state index contributed by atoms with van der Waals surface area (Å²) < 4.78 is 1.64. The monoisotopic (exact) mass is 220 g/mol. The number of rotatable bonds is 4. The van der Waals surface area contributed by atoms with Crippen LogP contribution in [-0.2, 0) is 4.79 Å². The van der Waals surface area contributed by atoms with Crippen LogP contribution in [0, 0.1) is 0 Å². The summed E-state index contributed by atoms with van der Waals surface area (Å²) >= 11 is 0. The van der Waals surface area contributed by atoms with Crippen LogP contribution in [0.25, 0.3) is 5.52 Å². The lowest BCUT2D eigenvalue weighted by molar-refractivity contribution is -0.137. The zero-order chi connectivity index (χ0) is 11.5. The number of hydrogen-bond acceptors (Lipinski definition) is 4. The van der Waals surface area contributed by atoms with Crippen molar-refractivity contribution >= 4 is 17.3 Å². The molecule has 2 aromatic rings. The van der Waals surface area contributed by atoms with Gasteiger partial charge in [0.2, 0.25) is 0 Å². The van der Waals surface area contributed by atoms with Crippen LogP contribution in [0.1, 0.15) is 13.3 Å². The topological polar surface area (TPSA) is 79.5 Å². The molecule has 0 radical (unpaired) electrons. The van der Waals surface area contributed by atoms with Gasteiger partial charge in [-0.2, -0.15) is 5.10 Å². The minimum atomic E-state index is -0.884. The largest absolute Gasteiger partial charge is 0.480 e. The first-order chi connectivity index (χ1) is 7.72. The first-order valence-electron chi connectivity index (χ1n) is 5.00. The molecule has 1 unspecified atom stereocenters. The number of carboxylic acid groups (broad SMARTS) is 1. The van der Waals surface area contributed by atoms with Crippen molar-refractivity contribution < 1.29 is 9.90 Å². The molecular formula is C10H12N4O2. The summed E-state index contributed by atoms with van der Waals surface area (Å²) in [4.78, 5) is 15.0. The molecule has 0 aliphatic rings. The molecule has 16 heavy (non-hydrogen) atoms. The van der Waals surface area contributed by atoms with Crippen molar-refractivity contribution in [2.75, 3.05) is 5.32 Å². The molecule has 0 bridgehead atoms. The lowest BCUT2D eigenvalue weighted by atomic mass is 10.2. The highest BCUT2D eigenvalue weighted by atomic mass is 16.4. The highest BCUT2D eigenvalue weighted by Crippen LogP contribution is 2.14. The Labute approximate surface area is 91.9 Å². The fourth-order valence-corrected chi connectivity index (χ4v) is 1.47. The molecule has 0 aromatic carbocycles. The van der Waals surface area contributed by atoms with Gasteiger partial charge in [-0.25, -0.2) is 14.3 Å². The Balaban J connectivity index is 2.33. The van der Waals surface area contributed by atoms with Crippen molar-refractivity contribution in [3.63, 3.8) is 0 Å². The molecule has 2 aromatic heterocycles. The molecule has 6 heteroatoms. The second-order valence-electron chi connectivity index (χ2n) is 3.38. The normalized spacial score (nSPS) is 12.6. The van der Waals surface area contributed by atoms with Gasteiger partial charge in [0.05, 0.1) is 6.20 Å². The van der Waals surface area contributed by atoms with Gasteiger partial charge < -0.3 is 10.4 Å². The number of carboxylic acids is 1. The Morgan fingerprint density at radius 1 is 1.62 bits per heavy atom. The van der Waals surface area contributed by atoms with E-state index >= 15 is 0 Å². The Kier molecular flexibility index (Phi) is 2.72. The molecule has 0 saturated carbocycles. The Morgan fingerprint density at radius 3 is 3.12 bits per heavy atom. The lowest BCUT2D eigenvalue weighted by Crippen LogP contribution is -2.28. The standard InChI is InChI=1S/C10H12N4O2/c1-2-7(10(15)16)13-9-8-3-4-12-14(8)6-5-11-9/h3-7H,2H2,1H3,(H,11,13)(H,15,16). The minimum absolute atomic E-state index is 0.492. The van der Waals surface area contributed by atoms with Gasteiger partial charge in [0.25, 0.3) is 0 Å². The molecule has 0 aliphatic heterocycles. The van der Waals surface area contributed by atoms with Gasteiger partial charge in [0, 0.05) is 12.4 Å². The van der Waals surface area contributed by atoms with E-state index in [0.717, 1.165) is 5.52 Å². The van der Waals surface area contributed by atoms with Crippen molar-refractivity contribution in [1.82, 2.24) is 14.6 Å². The lowest BCUT2D eigenvalue weighted by Gasteiger charge is -2.13. The van der Waals surface area contributed by atoms with Gasteiger partial charge in [-0.1, -0.05) is 6.92 Å². The van der Waals surface area contributed by atoms with Crippen LogP contribution in [0.15, 0.2) is 24.7 Å².